The first-order valence-corrected chi connectivity index (χ1v) is 9.48. The maximum atomic E-state index is 12.5. The SMILES string of the molecule is Cc1cccc(C(C)C)c1NC(=O)[C@H](C)OC(=O)Cc1ccc(Cl)cc1Cl. The van der Waals surface area contributed by atoms with E-state index in [-0.39, 0.29) is 18.2 Å². The second kappa shape index (κ2) is 9.25. The molecule has 1 N–H and O–H groups in total. The summed E-state index contributed by atoms with van der Waals surface area (Å²) in [6, 6.07) is 10.7. The molecule has 0 unspecified atom stereocenters. The Morgan fingerprint density at radius 3 is 2.44 bits per heavy atom. The van der Waals surface area contributed by atoms with Gasteiger partial charge in [-0.2, -0.15) is 0 Å². The van der Waals surface area contributed by atoms with Crippen molar-refractivity contribution < 1.29 is 14.3 Å². The Morgan fingerprint density at radius 2 is 1.81 bits per heavy atom. The van der Waals surface area contributed by atoms with E-state index in [1.54, 1.807) is 25.1 Å². The largest absolute Gasteiger partial charge is 0.452 e. The molecule has 2 aromatic rings. The molecule has 27 heavy (non-hydrogen) atoms. The lowest BCUT2D eigenvalue weighted by Gasteiger charge is -2.19. The summed E-state index contributed by atoms with van der Waals surface area (Å²) in [5.41, 5.74) is 3.36. The molecule has 2 aromatic carbocycles. The van der Waals surface area contributed by atoms with E-state index in [4.69, 9.17) is 27.9 Å². The Hall–Kier alpha value is -2.04. The molecule has 1 amide bonds. The maximum absolute atomic E-state index is 12.5. The van der Waals surface area contributed by atoms with Gasteiger partial charge in [-0.1, -0.05) is 61.3 Å². The second-order valence-electron chi connectivity index (χ2n) is 6.73. The van der Waals surface area contributed by atoms with Crippen LogP contribution in [0.4, 0.5) is 5.69 Å². The number of amides is 1. The molecule has 0 heterocycles. The number of hydrogen-bond donors (Lipinski definition) is 1. The van der Waals surface area contributed by atoms with E-state index in [0.717, 1.165) is 16.8 Å². The average molecular weight is 408 g/mol. The highest BCUT2D eigenvalue weighted by Gasteiger charge is 2.21. The molecule has 4 nitrogen and oxygen atoms in total. The summed E-state index contributed by atoms with van der Waals surface area (Å²) in [5.74, 6) is -0.650. The zero-order valence-corrected chi connectivity index (χ0v) is 17.3. The summed E-state index contributed by atoms with van der Waals surface area (Å²) in [6.45, 7) is 7.60. The van der Waals surface area contributed by atoms with Crippen molar-refractivity contribution in [3.05, 3.63) is 63.1 Å². The van der Waals surface area contributed by atoms with Crippen LogP contribution in [0.5, 0.6) is 0 Å². The maximum Gasteiger partial charge on any atom is 0.311 e. The number of benzene rings is 2. The Bertz CT molecular complexity index is 849. The number of para-hydroxylation sites is 1. The van der Waals surface area contributed by atoms with E-state index in [1.807, 2.05) is 25.1 Å². The molecule has 0 aromatic heterocycles. The van der Waals surface area contributed by atoms with Crippen molar-refractivity contribution in [3.8, 4) is 0 Å². The first-order chi connectivity index (χ1) is 12.7. The van der Waals surface area contributed by atoms with Crippen LogP contribution in [0, 0.1) is 6.92 Å². The van der Waals surface area contributed by atoms with E-state index in [1.165, 1.54) is 0 Å². The Balaban J connectivity index is 2.03. The fourth-order valence-electron chi connectivity index (χ4n) is 2.68. The van der Waals surface area contributed by atoms with Gasteiger partial charge in [0.25, 0.3) is 5.91 Å². The van der Waals surface area contributed by atoms with Gasteiger partial charge in [0, 0.05) is 15.7 Å². The van der Waals surface area contributed by atoms with E-state index >= 15 is 0 Å². The van der Waals surface area contributed by atoms with Crippen LogP contribution >= 0.6 is 23.2 Å². The zero-order valence-electron chi connectivity index (χ0n) is 15.8. The molecule has 0 aliphatic rings. The normalized spacial score (nSPS) is 12.0. The number of aryl methyl sites for hydroxylation is 1. The number of ether oxygens (including phenoxy) is 1. The van der Waals surface area contributed by atoms with E-state index in [2.05, 4.69) is 19.2 Å². The van der Waals surface area contributed by atoms with Gasteiger partial charge in [-0.25, -0.2) is 0 Å². The lowest BCUT2D eigenvalue weighted by molar-refractivity contribution is -0.152. The lowest BCUT2D eigenvalue weighted by Crippen LogP contribution is -2.31. The standard InChI is InChI=1S/C21H23Cl2NO3/c1-12(2)17-7-5-6-13(3)20(17)24-21(26)14(4)27-19(25)10-15-8-9-16(22)11-18(15)23/h5-9,11-12,14H,10H2,1-4H3,(H,24,26)/t14-/m0/s1. The summed E-state index contributed by atoms with van der Waals surface area (Å²) in [4.78, 5) is 24.7. The third-order valence-corrected chi connectivity index (χ3v) is 4.79. The summed E-state index contributed by atoms with van der Waals surface area (Å²) in [6.07, 6.45) is -0.960. The number of rotatable bonds is 6. The van der Waals surface area contributed by atoms with Gasteiger partial charge in [0.1, 0.15) is 0 Å². The molecule has 0 aliphatic heterocycles. The molecule has 0 saturated heterocycles. The molecule has 6 heteroatoms. The van der Waals surface area contributed by atoms with Crippen molar-refractivity contribution in [2.24, 2.45) is 0 Å². The van der Waals surface area contributed by atoms with Crippen LogP contribution in [0.2, 0.25) is 10.0 Å². The van der Waals surface area contributed by atoms with Gasteiger partial charge in [0.2, 0.25) is 0 Å². The summed E-state index contributed by atoms with van der Waals surface area (Å²) >= 11 is 11.9. The van der Waals surface area contributed by atoms with Gasteiger partial charge >= 0.3 is 5.97 Å². The van der Waals surface area contributed by atoms with Crippen molar-refractivity contribution in [1.82, 2.24) is 0 Å². The number of anilines is 1. The highest BCUT2D eigenvalue weighted by atomic mass is 35.5. The van der Waals surface area contributed by atoms with Crippen LogP contribution in [-0.4, -0.2) is 18.0 Å². The highest BCUT2D eigenvalue weighted by molar-refractivity contribution is 6.35. The first-order valence-electron chi connectivity index (χ1n) is 8.72. The molecule has 0 aliphatic carbocycles. The van der Waals surface area contributed by atoms with Gasteiger partial charge in [-0.3, -0.25) is 9.59 Å². The Kier molecular flexibility index (Phi) is 7.28. The van der Waals surface area contributed by atoms with E-state index in [0.29, 0.717) is 15.6 Å². The van der Waals surface area contributed by atoms with Gasteiger partial charge in [0.05, 0.1) is 6.42 Å². The van der Waals surface area contributed by atoms with Crippen LogP contribution in [-0.2, 0) is 20.7 Å². The van der Waals surface area contributed by atoms with Crippen LogP contribution in [0.15, 0.2) is 36.4 Å². The number of hydrogen-bond acceptors (Lipinski definition) is 3. The lowest BCUT2D eigenvalue weighted by atomic mass is 9.98. The van der Waals surface area contributed by atoms with E-state index < -0.39 is 12.1 Å². The predicted molar refractivity (Wildman–Crippen MR) is 110 cm³/mol. The van der Waals surface area contributed by atoms with Gasteiger partial charge in [-0.05, 0) is 48.6 Å². The van der Waals surface area contributed by atoms with Crippen molar-refractivity contribution >= 4 is 40.8 Å². The Labute approximate surface area is 169 Å². The summed E-state index contributed by atoms with van der Waals surface area (Å²) in [5, 5.41) is 3.77. The van der Waals surface area contributed by atoms with Crippen LogP contribution < -0.4 is 5.32 Å². The molecule has 0 bridgehead atoms. The topological polar surface area (TPSA) is 55.4 Å². The first kappa shape index (κ1) is 21.3. The summed E-state index contributed by atoms with van der Waals surface area (Å²) in [7, 11) is 0. The average Bonchev–Trinajstić information content (AvgIpc) is 2.58. The molecular weight excluding hydrogens is 385 g/mol. The van der Waals surface area contributed by atoms with Gasteiger partial charge < -0.3 is 10.1 Å². The molecule has 144 valence electrons. The monoisotopic (exact) mass is 407 g/mol. The quantitative estimate of drug-likeness (QED) is 0.639. The minimum atomic E-state index is -0.928. The molecular formula is C21H23Cl2NO3. The fraction of sp³-hybridized carbons (Fsp3) is 0.333. The third kappa shape index (κ3) is 5.72. The number of halogens is 2. The number of carbonyl (C=O) groups excluding carboxylic acids is 2. The summed E-state index contributed by atoms with van der Waals surface area (Å²) < 4.78 is 5.27. The molecule has 1 atom stereocenters. The Morgan fingerprint density at radius 1 is 1.11 bits per heavy atom. The molecule has 2 rings (SSSR count). The second-order valence-corrected chi connectivity index (χ2v) is 7.57. The van der Waals surface area contributed by atoms with Crippen molar-refractivity contribution in [3.63, 3.8) is 0 Å². The van der Waals surface area contributed by atoms with Gasteiger partial charge in [-0.15, -0.1) is 0 Å². The van der Waals surface area contributed by atoms with Gasteiger partial charge in [0.15, 0.2) is 6.10 Å². The zero-order chi connectivity index (χ0) is 20.1. The highest BCUT2D eigenvalue weighted by Crippen LogP contribution is 2.27. The molecule has 0 saturated carbocycles. The van der Waals surface area contributed by atoms with Crippen LogP contribution in [0.25, 0.3) is 0 Å². The number of esters is 1. The van der Waals surface area contributed by atoms with Crippen LogP contribution in [0.3, 0.4) is 0 Å². The molecule has 0 fully saturated rings. The number of carbonyl (C=O) groups is 2. The van der Waals surface area contributed by atoms with Crippen molar-refractivity contribution in [2.45, 2.75) is 46.1 Å². The number of nitrogens with one attached hydrogen (secondary N) is 1. The van der Waals surface area contributed by atoms with E-state index in [9.17, 15) is 9.59 Å². The van der Waals surface area contributed by atoms with Crippen molar-refractivity contribution in [2.75, 3.05) is 5.32 Å². The predicted octanol–water partition coefficient (Wildman–Crippen LogP) is 5.54. The molecule has 0 radical (unpaired) electrons. The van der Waals surface area contributed by atoms with Crippen molar-refractivity contribution in [1.29, 1.82) is 0 Å². The third-order valence-electron chi connectivity index (χ3n) is 4.20. The minimum absolute atomic E-state index is 0.0325. The smallest absolute Gasteiger partial charge is 0.311 e. The molecule has 0 spiro atoms. The van der Waals surface area contributed by atoms with Crippen LogP contribution in [0.1, 0.15) is 43.4 Å². The fourth-order valence-corrected chi connectivity index (χ4v) is 3.16. The minimum Gasteiger partial charge on any atom is -0.452 e.